The molecule has 0 amide bonds. The molecule has 0 radical (unpaired) electrons. The Morgan fingerprint density at radius 1 is 1.47 bits per heavy atom. The average molecular weight is 282 g/mol. The third kappa shape index (κ3) is 3.69. The molecule has 2 rings (SSSR count). The van der Waals surface area contributed by atoms with Gasteiger partial charge < -0.3 is 10.0 Å². The maximum absolute atomic E-state index is 10.7. The summed E-state index contributed by atoms with van der Waals surface area (Å²) in [6.07, 6.45) is 2.41. The van der Waals surface area contributed by atoms with Crippen LogP contribution in [0.2, 0.25) is 0 Å². The molecule has 19 heavy (non-hydrogen) atoms. The van der Waals surface area contributed by atoms with Crippen molar-refractivity contribution in [1.82, 2.24) is 4.98 Å². The Balaban J connectivity index is 1.94. The van der Waals surface area contributed by atoms with Gasteiger partial charge in [0.05, 0.1) is 12.1 Å². The number of carboxylic acids is 1. The van der Waals surface area contributed by atoms with Crippen LogP contribution in [0, 0.1) is 11.3 Å². The molecular weight excluding hydrogens is 260 g/mol. The fourth-order valence-electron chi connectivity index (χ4n) is 2.61. The van der Waals surface area contributed by atoms with E-state index in [1.54, 1.807) is 11.3 Å². The Hall–Kier alpha value is -1.10. The number of aliphatic carboxylic acids is 1. The lowest BCUT2D eigenvalue weighted by Gasteiger charge is -2.38. The van der Waals surface area contributed by atoms with E-state index in [9.17, 15) is 4.79 Å². The molecule has 1 aromatic rings. The van der Waals surface area contributed by atoms with Gasteiger partial charge >= 0.3 is 5.97 Å². The fourth-order valence-corrected chi connectivity index (χ4v) is 3.49. The zero-order chi connectivity index (χ0) is 14.0. The summed E-state index contributed by atoms with van der Waals surface area (Å²) in [4.78, 5) is 17.4. The molecule has 0 atom stereocenters. The monoisotopic (exact) mass is 282 g/mol. The highest BCUT2D eigenvalue weighted by Crippen LogP contribution is 2.36. The first-order valence-corrected chi connectivity index (χ1v) is 7.65. The van der Waals surface area contributed by atoms with Crippen molar-refractivity contribution in [3.05, 3.63) is 11.1 Å². The van der Waals surface area contributed by atoms with E-state index < -0.39 is 5.97 Å². The largest absolute Gasteiger partial charge is 0.481 e. The second-order valence-electron chi connectivity index (χ2n) is 6.32. The van der Waals surface area contributed by atoms with Gasteiger partial charge in [0.2, 0.25) is 0 Å². The van der Waals surface area contributed by atoms with Gasteiger partial charge in [-0.05, 0) is 24.2 Å². The first kappa shape index (κ1) is 14.3. The lowest BCUT2D eigenvalue weighted by atomic mass is 9.75. The number of anilines is 1. The van der Waals surface area contributed by atoms with E-state index in [1.165, 1.54) is 12.8 Å². The molecule has 5 heteroatoms. The second kappa shape index (κ2) is 5.49. The van der Waals surface area contributed by atoms with Gasteiger partial charge in [-0.25, -0.2) is 4.98 Å². The number of thiazole rings is 1. The van der Waals surface area contributed by atoms with E-state index in [-0.39, 0.29) is 6.42 Å². The van der Waals surface area contributed by atoms with E-state index in [2.05, 4.69) is 30.7 Å². The smallest absolute Gasteiger partial charge is 0.309 e. The van der Waals surface area contributed by atoms with Crippen molar-refractivity contribution in [2.24, 2.45) is 11.3 Å². The minimum Gasteiger partial charge on any atom is -0.481 e. The number of carbonyl (C=O) groups is 1. The van der Waals surface area contributed by atoms with E-state index in [4.69, 9.17) is 5.11 Å². The van der Waals surface area contributed by atoms with Crippen LogP contribution in [0.5, 0.6) is 0 Å². The highest BCUT2D eigenvalue weighted by atomic mass is 32.1. The van der Waals surface area contributed by atoms with Crippen LogP contribution in [0.4, 0.5) is 5.13 Å². The molecule has 0 bridgehead atoms. The van der Waals surface area contributed by atoms with Crippen molar-refractivity contribution in [2.45, 2.75) is 40.0 Å². The molecule has 1 fully saturated rings. The van der Waals surface area contributed by atoms with Crippen molar-refractivity contribution < 1.29 is 9.90 Å². The van der Waals surface area contributed by atoms with Crippen LogP contribution in [0.3, 0.4) is 0 Å². The third-order valence-corrected chi connectivity index (χ3v) is 4.81. The van der Waals surface area contributed by atoms with Crippen LogP contribution in [-0.4, -0.2) is 29.1 Å². The molecule has 1 saturated heterocycles. The molecule has 1 aliphatic rings. The summed E-state index contributed by atoms with van der Waals surface area (Å²) in [7, 11) is 0. The van der Waals surface area contributed by atoms with E-state index in [0.29, 0.717) is 11.1 Å². The number of carboxylic acid groups (broad SMARTS) is 1. The van der Waals surface area contributed by atoms with Gasteiger partial charge in [0.15, 0.2) is 5.13 Å². The minimum atomic E-state index is -0.816. The summed E-state index contributed by atoms with van der Waals surface area (Å²) >= 11 is 1.56. The predicted octanol–water partition coefficient (Wildman–Crippen LogP) is 3.03. The molecule has 2 heterocycles. The molecule has 1 aliphatic heterocycles. The molecule has 1 aromatic heterocycles. The van der Waals surface area contributed by atoms with E-state index in [0.717, 1.165) is 24.1 Å². The number of piperidine rings is 1. The zero-order valence-corrected chi connectivity index (χ0v) is 12.7. The first-order chi connectivity index (χ1) is 8.86. The SMILES string of the molecule is CC(C)(C)C1CCN(c2nc(CC(=O)O)cs2)CC1. The maximum atomic E-state index is 10.7. The van der Waals surface area contributed by atoms with E-state index >= 15 is 0 Å². The minimum absolute atomic E-state index is 0.0228. The maximum Gasteiger partial charge on any atom is 0.309 e. The van der Waals surface area contributed by atoms with Crippen molar-refractivity contribution in [2.75, 3.05) is 18.0 Å². The number of hydrogen-bond donors (Lipinski definition) is 1. The van der Waals surface area contributed by atoms with Gasteiger partial charge in [-0.1, -0.05) is 20.8 Å². The third-order valence-electron chi connectivity index (χ3n) is 3.86. The standard InChI is InChI=1S/C14H22N2O2S/c1-14(2,3)10-4-6-16(7-5-10)13-15-11(9-19-13)8-12(17)18/h9-10H,4-8H2,1-3H3,(H,17,18). The summed E-state index contributed by atoms with van der Waals surface area (Å²) in [5, 5.41) is 11.6. The van der Waals surface area contributed by atoms with Gasteiger partial charge in [0.1, 0.15) is 0 Å². The van der Waals surface area contributed by atoms with Crippen LogP contribution >= 0.6 is 11.3 Å². The fraction of sp³-hybridized carbons (Fsp3) is 0.714. The van der Waals surface area contributed by atoms with Crippen molar-refractivity contribution >= 4 is 22.4 Å². The lowest BCUT2D eigenvalue weighted by Crippen LogP contribution is -2.38. The van der Waals surface area contributed by atoms with Crippen molar-refractivity contribution in [3.8, 4) is 0 Å². The molecule has 1 N–H and O–H groups in total. The molecule has 106 valence electrons. The Morgan fingerprint density at radius 3 is 2.63 bits per heavy atom. The molecule has 0 saturated carbocycles. The van der Waals surface area contributed by atoms with Crippen LogP contribution in [-0.2, 0) is 11.2 Å². The highest BCUT2D eigenvalue weighted by molar-refractivity contribution is 7.13. The molecule has 0 unspecified atom stereocenters. The van der Waals surface area contributed by atoms with Crippen LogP contribution in [0.15, 0.2) is 5.38 Å². The summed E-state index contributed by atoms with van der Waals surface area (Å²) in [5.41, 5.74) is 1.05. The van der Waals surface area contributed by atoms with Crippen LogP contribution in [0.1, 0.15) is 39.3 Å². The Kier molecular flexibility index (Phi) is 4.13. The Labute approximate surface area is 118 Å². The average Bonchev–Trinajstić information content (AvgIpc) is 2.75. The summed E-state index contributed by atoms with van der Waals surface area (Å²) in [6, 6.07) is 0. The van der Waals surface area contributed by atoms with E-state index in [1.807, 2.05) is 5.38 Å². The van der Waals surface area contributed by atoms with Gasteiger partial charge in [0, 0.05) is 18.5 Å². The van der Waals surface area contributed by atoms with Gasteiger partial charge in [-0.2, -0.15) is 0 Å². The second-order valence-corrected chi connectivity index (χ2v) is 7.16. The normalized spacial score (nSPS) is 17.7. The number of rotatable bonds is 3. The zero-order valence-electron chi connectivity index (χ0n) is 11.8. The van der Waals surface area contributed by atoms with Crippen LogP contribution < -0.4 is 4.90 Å². The highest BCUT2D eigenvalue weighted by Gasteiger charge is 2.29. The number of nitrogens with zero attached hydrogens (tertiary/aromatic N) is 2. The van der Waals surface area contributed by atoms with Crippen molar-refractivity contribution in [1.29, 1.82) is 0 Å². The van der Waals surface area contributed by atoms with Crippen LogP contribution in [0.25, 0.3) is 0 Å². The van der Waals surface area contributed by atoms with Crippen molar-refractivity contribution in [3.63, 3.8) is 0 Å². The molecule has 0 aromatic carbocycles. The topological polar surface area (TPSA) is 53.4 Å². The summed E-state index contributed by atoms with van der Waals surface area (Å²) in [5.74, 6) is -0.0505. The molecular formula is C14H22N2O2S. The summed E-state index contributed by atoms with van der Waals surface area (Å²) < 4.78 is 0. The predicted molar refractivity (Wildman–Crippen MR) is 77.8 cm³/mol. The Bertz CT molecular complexity index is 443. The van der Waals surface area contributed by atoms with Gasteiger partial charge in [0.25, 0.3) is 0 Å². The first-order valence-electron chi connectivity index (χ1n) is 6.77. The quantitative estimate of drug-likeness (QED) is 0.926. The number of aromatic nitrogens is 1. The Morgan fingerprint density at radius 2 is 2.11 bits per heavy atom. The van der Waals surface area contributed by atoms with Gasteiger partial charge in [-0.15, -0.1) is 11.3 Å². The lowest BCUT2D eigenvalue weighted by molar-refractivity contribution is -0.136. The van der Waals surface area contributed by atoms with Gasteiger partial charge in [-0.3, -0.25) is 4.79 Å². The molecule has 0 aliphatic carbocycles. The molecule has 4 nitrogen and oxygen atoms in total. The summed E-state index contributed by atoms with van der Waals surface area (Å²) in [6.45, 7) is 8.98. The molecule has 0 spiro atoms. The number of hydrogen-bond acceptors (Lipinski definition) is 4.